The summed E-state index contributed by atoms with van der Waals surface area (Å²) in [7, 11) is 0. The maximum Gasteiger partial charge on any atom is 0.573 e. The number of aryl methyl sites for hydroxylation is 1. The van der Waals surface area contributed by atoms with Crippen LogP contribution >= 0.6 is 0 Å². The second-order valence-electron chi connectivity index (χ2n) is 7.33. The molecule has 0 radical (unpaired) electrons. The van der Waals surface area contributed by atoms with E-state index in [1.807, 2.05) is 30.5 Å². The topological polar surface area (TPSA) is 30.3 Å². The standard InChI is InChI=1S/C22H22F3N3O/c1-16-13-26-21(18-7-3-2-4-8-18)28(16)19-10-11-27(15-19)14-17-6-5-9-20(12-17)29-22(23,24)25/h2-9,12-13,19H,10-11,14-15H2,1H3. The summed E-state index contributed by atoms with van der Waals surface area (Å²) in [4.78, 5) is 6.86. The molecule has 0 bridgehead atoms. The first-order valence-electron chi connectivity index (χ1n) is 9.55. The summed E-state index contributed by atoms with van der Waals surface area (Å²) in [5.74, 6) is 0.776. The van der Waals surface area contributed by atoms with E-state index in [1.165, 1.54) is 12.1 Å². The molecular formula is C22H22F3N3O. The molecule has 2 aromatic carbocycles. The highest BCUT2D eigenvalue weighted by Crippen LogP contribution is 2.31. The number of rotatable bonds is 5. The van der Waals surface area contributed by atoms with Crippen LogP contribution in [0.25, 0.3) is 11.4 Å². The van der Waals surface area contributed by atoms with Crippen molar-refractivity contribution >= 4 is 0 Å². The van der Waals surface area contributed by atoms with Crippen LogP contribution in [-0.4, -0.2) is 33.9 Å². The van der Waals surface area contributed by atoms with Crippen LogP contribution in [0, 0.1) is 6.92 Å². The van der Waals surface area contributed by atoms with Crippen LogP contribution in [0.5, 0.6) is 5.75 Å². The lowest BCUT2D eigenvalue weighted by atomic mass is 10.2. The van der Waals surface area contributed by atoms with E-state index in [0.717, 1.165) is 42.2 Å². The van der Waals surface area contributed by atoms with E-state index in [4.69, 9.17) is 0 Å². The molecule has 0 aliphatic carbocycles. The molecule has 1 saturated heterocycles. The second kappa shape index (κ2) is 7.91. The molecule has 4 rings (SSSR count). The Bertz CT molecular complexity index is 969. The van der Waals surface area contributed by atoms with Crippen LogP contribution in [0.4, 0.5) is 13.2 Å². The van der Waals surface area contributed by atoms with Gasteiger partial charge in [-0.25, -0.2) is 4.98 Å². The van der Waals surface area contributed by atoms with Gasteiger partial charge in [0.2, 0.25) is 0 Å². The van der Waals surface area contributed by atoms with Crippen LogP contribution in [0.2, 0.25) is 0 Å². The van der Waals surface area contributed by atoms with E-state index in [0.29, 0.717) is 6.54 Å². The zero-order valence-corrected chi connectivity index (χ0v) is 16.1. The number of nitrogens with zero attached hydrogens (tertiary/aromatic N) is 3. The molecule has 152 valence electrons. The van der Waals surface area contributed by atoms with Crippen molar-refractivity contribution in [3.05, 3.63) is 72.1 Å². The Kier molecular flexibility index (Phi) is 5.32. The number of alkyl halides is 3. The molecule has 2 heterocycles. The minimum absolute atomic E-state index is 0.178. The first kappa shape index (κ1) is 19.5. The molecule has 0 N–H and O–H groups in total. The van der Waals surface area contributed by atoms with Crippen molar-refractivity contribution in [2.45, 2.75) is 32.3 Å². The average Bonchev–Trinajstić information content (AvgIpc) is 3.27. The lowest BCUT2D eigenvalue weighted by molar-refractivity contribution is -0.274. The van der Waals surface area contributed by atoms with Crippen molar-refractivity contribution in [1.29, 1.82) is 0 Å². The van der Waals surface area contributed by atoms with Crippen molar-refractivity contribution in [2.24, 2.45) is 0 Å². The molecule has 1 aliphatic rings. The van der Waals surface area contributed by atoms with Gasteiger partial charge in [-0.3, -0.25) is 4.90 Å². The largest absolute Gasteiger partial charge is 0.573 e. The van der Waals surface area contributed by atoms with Gasteiger partial charge < -0.3 is 9.30 Å². The molecule has 1 atom stereocenters. The van der Waals surface area contributed by atoms with Crippen molar-refractivity contribution in [3.63, 3.8) is 0 Å². The van der Waals surface area contributed by atoms with Crippen LogP contribution in [0.1, 0.15) is 23.7 Å². The predicted molar refractivity (Wildman–Crippen MR) is 104 cm³/mol. The molecule has 1 aliphatic heterocycles. The van der Waals surface area contributed by atoms with Gasteiger partial charge in [-0.2, -0.15) is 0 Å². The average molecular weight is 401 g/mol. The monoisotopic (exact) mass is 401 g/mol. The summed E-state index contributed by atoms with van der Waals surface area (Å²) in [5, 5.41) is 0. The number of imidazole rings is 1. The summed E-state index contributed by atoms with van der Waals surface area (Å²) in [6.45, 7) is 4.34. The fourth-order valence-electron chi connectivity index (χ4n) is 3.97. The van der Waals surface area contributed by atoms with E-state index in [-0.39, 0.29) is 11.8 Å². The van der Waals surface area contributed by atoms with Gasteiger partial charge in [0.05, 0.1) is 0 Å². The lowest BCUT2D eigenvalue weighted by Crippen LogP contribution is -2.22. The first-order valence-corrected chi connectivity index (χ1v) is 9.55. The van der Waals surface area contributed by atoms with Crippen LogP contribution in [-0.2, 0) is 6.54 Å². The third-order valence-corrected chi connectivity index (χ3v) is 5.16. The summed E-state index contributed by atoms with van der Waals surface area (Å²) in [6.07, 6.45) is -1.82. The van der Waals surface area contributed by atoms with Gasteiger partial charge in [0.15, 0.2) is 0 Å². The van der Waals surface area contributed by atoms with Crippen molar-refractivity contribution in [3.8, 4) is 17.1 Å². The summed E-state index contributed by atoms with van der Waals surface area (Å²) in [5.41, 5.74) is 2.99. The highest BCUT2D eigenvalue weighted by Gasteiger charge is 2.31. The Morgan fingerprint density at radius 3 is 2.66 bits per heavy atom. The highest BCUT2D eigenvalue weighted by atomic mass is 19.4. The summed E-state index contributed by atoms with van der Waals surface area (Å²) < 4.78 is 43.7. The van der Waals surface area contributed by atoms with Crippen molar-refractivity contribution in [2.75, 3.05) is 13.1 Å². The number of aromatic nitrogens is 2. The van der Waals surface area contributed by atoms with E-state index >= 15 is 0 Å². The van der Waals surface area contributed by atoms with Gasteiger partial charge in [0.1, 0.15) is 11.6 Å². The third-order valence-electron chi connectivity index (χ3n) is 5.16. The van der Waals surface area contributed by atoms with Crippen molar-refractivity contribution < 1.29 is 17.9 Å². The molecule has 4 nitrogen and oxygen atoms in total. The smallest absolute Gasteiger partial charge is 0.406 e. The van der Waals surface area contributed by atoms with Gasteiger partial charge >= 0.3 is 6.36 Å². The fourth-order valence-corrected chi connectivity index (χ4v) is 3.97. The normalized spacial score (nSPS) is 17.6. The minimum Gasteiger partial charge on any atom is -0.406 e. The predicted octanol–water partition coefficient (Wildman–Crippen LogP) is 5.20. The van der Waals surface area contributed by atoms with Gasteiger partial charge in [-0.15, -0.1) is 13.2 Å². The molecule has 29 heavy (non-hydrogen) atoms. The molecular weight excluding hydrogens is 379 g/mol. The van der Waals surface area contributed by atoms with Gasteiger partial charge in [-0.05, 0) is 31.0 Å². The van der Waals surface area contributed by atoms with Gasteiger partial charge in [-0.1, -0.05) is 42.5 Å². The Balaban J connectivity index is 1.47. The number of hydrogen-bond acceptors (Lipinski definition) is 3. The van der Waals surface area contributed by atoms with Crippen LogP contribution in [0.3, 0.4) is 0 Å². The lowest BCUT2D eigenvalue weighted by Gasteiger charge is -2.20. The Labute approximate surface area is 167 Å². The molecule has 0 spiro atoms. The van der Waals surface area contributed by atoms with Gasteiger partial charge in [0, 0.05) is 43.1 Å². The van der Waals surface area contributed by atoms with Crippen LogP contribution in [0.15, 0.2) is 60.8 Å². The second-order valence-corrected chi connectivity index (χ2v) is 7.33. The van der Waals surface area contributed by atoms with Crippen molar-refractivity contribution in [1.82, 2.24) is 14.5 Å². The Hall–Kier alpha value is -2.80. The van der Waals surface area contributed by atoms with Crippen LogP contribution < -0.4 is 4.74 Å². The van der Waals surface area contributed by atoms with E-state index in [2.05, 4.69) is 38.2 Å². The molecule has 1 unspecified atom stereocenters. The quantitative estimate of drug-likeness (QED) is 0.588. The Morgan fingerprint density at radius 1 is 1.10 bits per heavy atom. The molecule has 0 amide bonds. The van der Waals surface area contributed by atoms with E-state index in [9.17, 15) is 13.2 Å². The highest BCUT2D eigenvalue weighted by molar-refractivity contribution is 5.56. The SMILES string of the molecule is Cc1cnc(-c2ccccc2)n1C1CCN(Cc2cccc(OC(F)(F)F)c2)C1. The molecule has 0 saturated carbocycles. The first-order chi connectivity index (χ1) is 13.9. The number of likely N-dealkylation sites (tertiary alicyclic amines) is 1. The number of benzene rings is 2. The molecule has 7 heteroatoms. The third kappa shape index (κ3) is 4.62. The van der Waals surface area contributed by atoms with E-state index < -0.39 is 6.36 Å². The molecule has 1 aromatic heterocycles. The maximum atomic E-state index is 12.5. The number of ether oxygens (including phenoxy) is 1. The summed E-state index contributed by atoms with van der Waals surface area (Å²) >= 11 is 0. The molecule has 1 fully saturated rings. The Morgan fingerprint density at radius 2 is 1.90 bits per heavy atom. The van der Waals surface area contributed by atoms with Gasteiger partial charge in [0.25, 0.3) is 0 Å². The zero-order chi connectivity index (χ0) is 20.4. The summed E-state index contributed by atoms with van der Waals surface area (Å²) in [6, 6.07) is 16.6. The minimum atomic E-state index is -4.68. The maximum absolute atomic E-state index is 12.5. The number of hydrogen-bond donors (Lipinski definition) is 0. The number of halogens is 3. The zero-order valence-electron chi connectivity index (χ0n) is 16.1. The van der Waals surface area contributed by atoms with E-state index in [1.54, 1.807) is 6.07 Å². The molecule has 3 aromatic rings. The fraction of sp³-hybridized carbons (Fsp3) is 0.318.